The number of hydrogen-bond acceptors (Lipinski definition) is 6. The van der Waals surface area contributed by atoms with Crippen LogP contribution in [0.25, 0.3) is 5.57 Å². The van der Waals surface area contributed by atoms with Crippen LogP contribution in [0.4, 0.5) is 14.6 Å². The number of aromatic nitrogens is 2. The smallest absolute Gasteiger partial charge is 0.260 e. The monoisotopic (exact) mass is 502 g/mol. The molecule has 1 aliphatic carbocycles. The summed E-state index contributed by atoms with van der Waals surface area (Å²) in [5.74, 6) is -4.88. The van der Waals surface area contributed by atoms with E-state index in [9.17, 15) is 18.7 Å². The number of allylic oxidation sites excluding steroid dienone is 3. The number of alkyl halides is 2. The molecule has 0 bridgehead atoms. The molecule has 8 nitrogen and oxygen atoms in total. The number of nitrogens with two attached hydrogens (primary N) is 1. The predicted octanol–water partition coefficient (Wildman–Crippen LogP) is 4.34. The Morgan fingerprint density at radius 3 is 2.56 bits per heavy atom. The second-order valence-corrected chi connectivity index (χ2v) is 8.65. The van der Waals surface area contributed by atoms with Crippen molar-refractivity contribution in [3.63, 3.8) is 0 Å². The number of rotatable bonds is 11. The molecule has 5 N–H and O–H groups in total. The minimum atomic E-state index is -2.97. The number of aliphatic imine (C=N–C) groups is 1. The summed E-state index contributed by atoms with van der Waals surface area (Å²) in [6.07, 6.45) is 6.90. The molecule has 1 aliphatic rings. The fourth-order valence-corrected chi connectivity index (χ4v) is 3.51. The number of hydrogen-bond donors (Lipinski definition) is 4. The summed E-state index contributed by atoms with van der Waals surface area (Å²) in [5, 5.41) is 15.8. The summed E-state index contributed by atoms with van der Waals surface area (Å²) in [7, 11) is 1.69. The van der Waals surface area contributed by atoms with Crippen LogP contribution in [-0.2, 0) is 4.79 Å². The van der Waals surface area contributed by atoms with Crippen LogP contribution < -0.4 is 16.4 Å². The summed E-state index contributed by atoms with van der Waals surface area (Å²) in [6, 6.07) is 1.45. The zero-order chi connectivity index (χ0) is 27.0. The summed E-state index contributed by atoms with van der Waals surface area (Å²) in [5.41, 5.74) is 10.5. The first kappa shape index (κ1) is 28.8. The number of amides is 1. The lowest BCUT2D eigenvalue weighted by Crippen LogP contribution is -2.20. The second-order valence-electron chi connectivity index (χ2n) is 8.65. The molecule has 0 saturated heterocycles. The van der Waals surface area contributed by atoms with Gasteiger partial charge in [-0.15, -0.1) is 0 Å². The van der Waals surface area contributed by atoms with Crippen LogP contribution in [0.15, 0.2) is 58.2 Å². The highest BCUT2D eigenvalue weighted by atomic mass is 19.3. The van der Waals surface area contributed by atoms with Crippen LogP contribution in [0, 0.1) is 5.92 Å². The molecule has 0 aromatic carbocycles. The van der Waals surface area contributed by atoms with E-state index in [0.29, 0.717) is 23.4 Å². The number of nitrogens with zero attached hydrogens (tertiary/aromatic N) is 3. The summed E-state index contributed by atoms with van der Waals surface area (Å²) in [6.45, 7) is 9.69. The standard InChI is InChI=1S/C26H36F2N6O2/c1-7-15(4)17(22(35)9-3)10-16(5)20(8-2)33-24(29)18(13-30-6)21-11-23(32-14-31-21)34-25(36)19-12-26(19,27)28/h8,10-11,13-14,19,22,30,35H,7,9,12H2,1-6H3,(H2,29,33)(H,31,32,34,36)/b16-10-,17-15-,18-13-,20-8+. The van der Waals surface area contributed by atoms with Crippen LogP contribution in [0.5, 0.6) is 0 Å². The van der Waals surface area contributed by atoms with Crippen LogP contribution in [0.2, 0.25) is 0 Å². The molecular weight excluding hydrogens is 466 g/mol. The molecule has 0 spiro atoms. The molecular formula is C26H36F2N6O2. The fraction of sp³-hybridized carbons (Fsp3) is 0.462. The van der Waals surface area contributed by atoms with E-state index in [-0.39, 0.29) is 11.7 Å². The van der Waals surface area contributed by atoms with E-state index in [4.69, 9.17) is 5.73 Å². The number of anilines is 1. The lowest BCUT2D eigenvalue weighted by Gasteiger charge is -2.15. The van der Waals surface area contributed by atoms with Gasteiger partial charge >= 0.3 is 0 Å². The molecule has 2 unspecified atom stereocenters. The van der Waals surface area contributed by atoms with Gasteiger partial charge in [0.25, 0.3) is 5.92 Å². The highest BCUT2D eigenvalue weighted by Crippen LogP contribution is 2.49. The van der Waals surface area contributed by atoms with E-state index in [1.54, 1.807) is 13.2 Å². The van der Waals surface area contributed by atoms with E-state index in [0.717, 1.165) is 23.1 Å². The van der Waals surface area contributed by atoms with Crippen molar-refractivity contribution >= 4 is 23.1 Å². The molecule has 36 heavy (non-hydrogen) atoms. The molecule has 1 fully saturated rings. The zero-order valence-electron chi connectivity index (χ0n) is 21.7. The maximum Gasteiger partial charge on any atom is 0.260 e. The minimum Gasteiger partial charge on any atom is -0.393 e. The van der Waals surface area contributed by atoms with Gasteiger partial charge in [0.1, 0.15) is 23.9 Å². The lowest BCUT2D eigenvalue weighted by molar-refractivity contribution is -0.119. The van der Waals surface area contributed by atoms with Gasteiger partial charge in [-0.1, -0.05) is 31.6 Å². The van der Waals surface area contributed by atoms with Gasteiger partial charge in [-0.05, 0) is 44.8 Å². The number of carbonyl (C=O) groups excluding carboxylic acids is 1. The summed E-state index contributed by atoms with van der Waals surface area (Å²) >= 11 is 0. The third-order valence-corrected chi connectivity index (χ3v) is 5.96. The van der Waals surface area contributed by atoms with E-state index in [1.165, 1.54) is 12.4 Å². The molecule has 1 saturated carbocycles. The van der Waals surface area contributed by atoms with Crippen molar-refractivity contribution in [1.82, 2.24) is 15.3 Å². The Morgan fingerprint density at radius 1 is 1.36 bits per heavy atom. The Labute approximate surface area is 211 Å². The van der Waals surface area contributed by atoms with Gasteiger partial charge in [0.15, 0.2) is 0 Å². The van der Waals surface area contributed by atoms with Crippen molar-refractivity contribution in [3.05, 3.63) is 58.9 Å². The van der Waals surface area contributed by atoms with E-state index in [1.807, 2.05) is 46.8 Å². The van der Waals surface area contributed by atoms with Crippen molar-refractivity contribution < 1.29 is 18.7 Å². The number of halogens is 2. The number of nitrogens with one attached hydrogen (secondary N) is 2. The van der Waals surface area contributed by atoms with Crippen molar-refractivity contribution in [1.29, 1.82) is 0 Å². The summed E-state index contributed by atoms with van der Waals surface area (Å²) < 4.78 is 26.4. The fourth-order valence-electron chi connectivity index (χ4n) is 3.51. The second kappa shape index (κ2) is 12.5. The van der Waals surface area contributed by atoms with Gasteiger partial charge < -0.3 is 21.5 Å². The molecule has 1 aromatic rings. The Kier molecular flexibility index (Phi) is 10.0. The average molecular weight is 503 g/mol. The highest BCUT2D eigenvalue weighted by molar-refractivity contribution is 6.21. The zero-order valence-corrected chi connectivity index (χ0v) is 21.7. The Bertz CT molecular complexity index is 1120. The molecule has 1 heterocycles. The first-order valence-corrected chi connectivity index (χ1v) is 11.9. The molecule has 0 aliphatic heterocycles. The molecule has 2 rings (SSSR count). The third kappa shape index (κ3) is 7.30. The minimum absolute atomic E-state index is 0.0863. The topological polar surface area (TPSA) is 126 Å². The van der Waals surface area contributed by atoms with Gasteiger partial charge in [0.2, 0.25) is 5.91 Å². The van der Waals surface area contributed by atoms with Crippen molar-refractivity contribution in [2.45, 2.75) is 65.9 Å². The van der Waals surface area contributed by atoms with Crippen molar-refractivity contribution in [2.75, 3.05) is 12.4 Å². The van der Waals surface area contributed by atoms with Crippen molar-refractivity contribution in [2.24, 2.45) is 16.6 Å². The molecule has 0 radical (unpaired) electrons. The highest BCUT2D eigenvalue weighted by Gasteiger charge is 2.61. The average Bonchev–Trinajstić information content (AvgIpc) is 3.51. The van der Waals surface area contributed by atoms with Gasteiger partial charge in [0.05, 0.1) is 23.1 Å². The third-order valence-electron chi connectivity index (χ3n) is 5.96. The van der Waals surface area contributed by atoms with Gasteiger partial charge in [0, 0.05) is 25.7 Å². The lowest BCUT2D eigenvalue weighted by atomic mass is 9.97. The van der Waals surface area contributed by atoms with Crippen LogP contribution in [0.3, 0.4) is 0 Å². The number of aliphatic hydroxyl groups excluding tert-OH is 1. The SMILES string of the molecule is C/C=C(/N=C(N)\C(=C/NC)c1cc(NC(=O)C2CC2(F)F)ncn1)C(\C)=C/C(=C(\C)CC)C(O)CC. The van der Waals surface area contributed by atoms with Crippen LogP contribution in [-0.4, -0.2) is 45.9 Å². The number of amidine groups is 1. The van der Waals surface area contributed by atoms with E-state index in [2.05, 4.69) is 25.6 Å². The van der Waals surface area contributed by atoms with E-state index >= 15 is 0 Å². The Hall–Kier alpha value is -3.40. The van der Waals surface area contributed by atoms with Crippen LogP contribution >= 0.6 is 0 Å². The molecule has 10 heteroatoms. The largest absolute Gasteiger partial charge is 0.393 e. The normalized spacial score (nSPS) is 20.0. The first-order valence-electron chi connectivity index (χ1n) is 11.9. The first-order chi connectivity index (χ1) is 17.0. The number of aliphatic hydroxyl groups is 1. The number of carbonyl (C=O) groups is 1. The van der Waals surface area contributed by atoms with Gasteiger partial charge in [-0.25, -0.2) is 23.7 Å². The predicted molar refractivity (Wildman–Crippen MR) is 139 cm³/mol. The van der Waals surface area contributed by atoms with Gasteiger partial charge in [-0.3, -0.25) is 4.79 Å². The molecule has 2 atom stereocenters. The maximum absolute atomic E-state index is 13.2. The maximum atomic E-state index is 13.2. The Morgan fingerprint density at radius 2 is 2.03 bits per heavy atom. The van der Waals surface area contributed by atoms with Crippen LogP contribution in [0.1, 0.15) is 59.6 Å². The van der Waals surface area contributed by atoms with E-state index < -0.39 is 30.3 Å². The molecule has 1 amide bonds. The van der Waals surface area contributed by atoms with Crippen molar-refractivity contribution in [3.8, 4) is 0 Å². The molecule has 196 valence electrons. The molecule has 1 aromatic heterocycles. The summed E-state index contributed by atoms with van der Waals surface area (Å²) in [4.78, 5) is 24.8. The Balaban J connectivity index is 2.36. The quantitative estimate of drug-likeness (QED) is 0.203. The van der Waals surface area contributed by atoms with Gasteiger partial charge in [-0.2, -0.15) is 0 Å².